The predicted octanol–water partition coefficient (Wildman–Crippen LogP) is 3.99. The highest BCUT2D eigenvalue weighted by molar-refractivity contribution is 5.90. The summed E-state index contributed by atoms with van der Waals surface area (Å²) in [4.78, 5) is 16.7. The molecule has 2 aromatic rings. The van der Waals surface area contributed by atoms with Gasteiger partial charge in [0.25, 0.3) is 0 Å². The van der Waals surface area contributed by atoms with Crippen molar-refractivity contribution in [2.75, 3.05) is 32.6 Å². The minimum absolute atomic E-state index is 0.0332. The molecule has 0 aliphatic rings. The first kappa shape index (κ1) is 25.0. The SMILES string of the molecule is CCNC(=NCc1cccc(NC(=O)CC(C)C)c1)NCCc1ccc(OC)c(OC)c1. The van der Waals surface area contributed by atoms with Crippen LogP contribution in [0.25, 0.3) is 0 Å². The molecule has 0 saturated heterocycles. The van der Waals surface area contributed by atoms with Gasteiger partial charge in [0.05, 0.1) is 20.8 Å². The summed E-state index contributed by atoms with van der Waals surface area (Å²) in [6.45, 7) is 8.12. The zero-order chi connectivity index (χ0) is 23.3. The van der Waals surface area contributed by atoms with Gasteiger partial charge in [-0.1, -0.05) is 32.0 Å². The zero-order valence-corrected chi connectivity index (χ0v) is 19.8. The molecule has 0 saturated carbocycles. The Kier molecular flexibility index (Phi) is 10.4. The third-order valence-corrected chi connectivity index (χ3v) is 4.72. The van der Waals surface area contributed by atoms with E-state index in [1.807, 2.05) is 63.2 Å². The number of amides is 1. The fourth-order valence-corrected chi connectivity index (χ4v) is 3.20. The van der Waals surface area contributed by atoms with E-state index in [2.05, 4.69) is 20.9 Å². The molecule has 2 rings (SSSR count). The number of aliphatic imine (C=N–C) groups is 1. The molecule has 0 atom stereocenters. The van der Waals surface area contributed by atoms with Gasteiger partial charge in [0.15, 0.2) is 17.5 Å². The Morgan fingerprint density at radius 2 is 1.78 bits per heavy atom. The van der Waals surface area contributed by atoms with Gasteiger partial charge < -0.3 is 25.4 Å². The zero-order valence-electron chi connectivity index (χ0n) is 19.8. The van der Waals surface area contributed by atoms with Crippen LogP contribution < -0.4 is 25.4 Å². The molecule has 7 heteroatoms. The number of nitrogens with one attached hydrogen (secondary N) is 3. The first-order chi connectivity index (χ1) is 15.4. The van der Waals surface area contributed by atoms with Gasteiger partial charge in [-0.2, -0.15) is 0 Å². The molecule has 0 fully saturated rings. The number of benzene rings is 2. The summed E-state index contributed by atoms with van der Waals surface area (Å²) in [6, 6.07) is 13.8. The number of carbonyl (C=O) groups excluding carboxylic acids is 1. The first-order valence-corrected chi connectivity index (χ1v) is 11.1. The molecule has 0 heterocycles. The number of hydrogen-bond donors (Lipinski definition) is 3. The van der Waals surface area contributed by atoms with Crippen LogP contribution in [0.1, 0.15) is 38.3 Å². The average Bonchev–Trinajstić information content (AvgIpc) is 2.77. The first-order valence-electron chi connectivity index (χ1n) is 11.1. The molecule has 0 radical (unpaired) electrons. The fraction of sp³-hybridized carbons (Fsp3) is 0.440. The van der Waals surface area contributed by atoms with Crippen LogP contribution in [0.5, 0.6) is 11.5 Å². The third-order valence-electron chi connectivity index (χ3n) is 4.72. The number of carbonyl (C=O) groups is 1. The van der Waals surface area contributed by atoms with Crippen molar-refractivity contribution in [1.29, 1.82) is 0 Å². The smallest absolute Gasteiger partial charge is 0.224 e. The van der Waals surface area contributed by atoms with Crippen LogP contribution in [-0.4, -0.2) is 39.2 Å². The topological polar surface area (TPSA) is 84.0 Å². The van der Waals surface area contributed by atoms with E-state index in [0.717, 1.165) is 53.8 Å². The molecule has 0 bridgehead atoms. The van der Waals surface area contributed by atoms with Crippen LogP contribution in [0.15, 0.2) is 47.5 Å². The third kappa shape index (κ3) is 8.49. The number of hydrogen-bond acceptors (Lipinski definition) is 4. The number of rotatable bonds is 11. The quantitative estimate of drug-likeness (QED) is 0.364. The van der Waals surface area contributed by atoms with Gasteiger partial charge >= 0.3 is 0 Å². The summed E-state index contributed by atoms with van der Waals surface area (Å²) < 4.78 is 10.7. The van der Waals surface area contributed by atoms with Gasteiger partial charge in [0, 0.05) is 25.2 Å². The molecule has 1 amide bonds. The monoisotopic (exact) mass is 440 g/mol. The number of anilines is 1. The van der Waals surface area contributed by atoms with Crippen molar-refractivity contribution in [3.8, 4) is 11.5 Å². The van der Waals surface area contributed by atoms with E-state index in [4.69, 9.17) is 9.47 Å². The molecular formula is C25H36N4O3. The number of nitrogens with zero attached hydrogens (tertiary/aromatic N) is 1. The van der Waals surface area contributed by atoms with E-state index in [9.17, 15) is 4.79 Å². The molecule has 0 unspecified atom stereocenters. The van der Waals surface area contributed by atoms with Crippen LogP contribution in [0, 0.1) is 5.92 Å². The Balaban J connectivity index is 1.94. The largest absolute Gasteiger partial charge is 0.493 e. The maximum absolute atomic E-state index is 12.0. The molecule has 0 spiro atoms. The van der Waals surface area contributed by atoms with Gasteiger partial charge in [-0.15, -0.1) is 0 Å². The normalized spacial score (nSPS) is 11.2. The van der Waals surface area contributed by atoms with E-state index in [1.54, 1.807) is 14.2 Å². The van der Waals surface area contributed by atoms with Crippen LogP contribution in [0.3, 0.4) is 0 Å². The van der Waals surface area contributed by atoms with Crippen molar-refractivity contribution in [2.45, 2.75) is 40.2 Å². The number of methoxy groups -OCH3 is 2. The second-order valence-corrected chi connectivity index (χ2v) is 7.91. The second kappa shape index (κ2) is 13.2. The molecular weight excluding hydrogens is 404 g/mol. The van der Waals surface area contributed by atoms with E-state index in [-0.39, 0.29) is 5.91 Å². The van der Waals surface area contributed by atoms with Crippen LogP contribution in [0.4, 0.5) is 5.69 Å². The summed E-state index contributed by atoms with van der Waals surface area (Å²) in [7, 11) is 3.27. The van der Waals surface area contributed by atoms with E-state index >= 15 is 0 Å². The van der Waals surface area contributed by atoms with Crippen LogP contribution in [-0.2, 0) is 17.8 Å². The highest BCUT2D eigenvalue weighted by atomic mass is 16.5. The standard InChI is InChI=1S/C25H36N4O3/c1-6-26-25(27-13-12-19-10-11-22(31-4)23(16-19)32-5)28-17-20-8-7-9-21(15-20)29-24(30)14-18(2)3/h7-11,15-16,18H,6,12-14,17H2,1-5H3,(H,29,30)(H2,26,27,28). The average molecular weight is 441 g/mol. The van der Waals surface area contributed by atoms with E-state index in [0.29, 0.717) is 18.9 Å². The molecule has 0 aliphatic heterocycles. The van der Waals surface area contributed by atoms with Crippen molar-refractivity contribution >= 4 is 17.6 Å². The van der Waals surface area contributed by atoms with Gasteiger partial charge in [0.2, 0.25) is 5.91 Å². The van der Waals surface area contributed by atoms with Crippen molar-refractivity contribution < 1.29 is 14.3 Å². The summed E-state index contributed by atoms with van der Waals surface area (Å²) in [6.07, 6.45) is 1.33. The molecule has 3 N–H and O–H groups in total. The molecule has 174 valence electrons. The Hall–Kier alpha value is -3.22. The Morgan fingerprint density at radius 3 is 2.47 bits per heavy atom. The van der Waals surface area contributed by atoms with Crippen molar-refractivity contribution in [1.82, 2.24) is 10.6 Å². The fourth-order valence-electron chi connectivity index (χ4n) is 3.20. The number of ether oxygens (including phenoxy) is 2. The van der Waals surface area contributed by atoms with Crippen LogP contribution in [0.2, 0.25) is 0 Å². The van der Waals surface area contributed by atoms with Gasteiger partial charge in [0.1, 0.15) is 0 Å². The predicted molar refractivity (Wildman–Crippen MR) is 131 cm³/mol. The van der Waals surface area contributed by atoms with Gasteiger partial charge in [-0.25, -0.2) is 4.99 Å². The lowest BCUT2D eigenvalue weighted by Crippen LogP contribution is -2.38. The highest BCUT2D eigenvalue weighted by Crippen LogP contribution is 2.27. The highest BCUT2D eigenvalue weighted by Gasteiger charge is 2.07. The lowest BCUT2D eigenvalue weighted by atomic mass is 10.1. The van der Waals surface area contributed by atoms with Gasteiger partial charge in [-0.3, -0.25) is 4.79 Å². The Labute approximate surface area is 191 Å². The molecule has 7 nitrogen and oxygen atoms in total. The molecule has 0 aliphatic carbocycles. The maximum atomic E-state index is 12.0. The second-order valence-electron chi connectivity index (χ2n) is 7.91. The Bertz CT molecular complexity index is 897. The van der Waals surface area contributed by atoms with Gasteiger partial charge in [-0.05, 0) is 54.7 Å². The Morgan fingerprint density at radius 1 is 1.00 bits per heavy atom. The summed E-state index contributed by atoms with van der Waals surface area (Å²) in [5.41, 5.74) is 2.98. The minimum atomic E-state index is 0.0332. The minimum Gasteiger partial charge on any atom is -0.493 e. The van der Waals surface area contributed by atoms with E-state index in [1.165, 1.54) is 0 Å². The molecule has 32 heavy (non-hydrogen) atoms. The molecule has 2 aromatic carbocycles. The summed E-state index contributed by atoms with van der Waals surface area (Å²) >= 11 is 0. The molecule has 0 aromatic heterocycles. The van der Waals surface area contributed by atoms with Crippen LogP contribution >= 0.6 is 0 Å². The van der Waals surface area contributed by atoms with Crippen molar-refractivity contribution in [3.05, 3.63) is 53.6 Å². The summed E-state index contributed by atoms with van der Waals surface area (Å²) in [5, 5.41) is 9.60. The summed E-state index contributed by atoms with van der Waals surface area (Å²) in [5.74, 6) is 2.57. The van der Waals surface area contributed by atoms with Crippen molar-refractivity contribution in [2.24, 2.45) is 10.9 Å². The maximum Gasteiger partial charge on any atom is 0.224 e. The van der Waals surface area contributed by atoms with Crippen molar-refractivity contribution in [3.63, 3.8) is 0 Å². The number of guanidine groups is 1. The lowest BCUT2D eigenvalue weighted by molar-refractivity contribution is -0.116. The lowest BCUT2D eigenvalue weighted by Gasteiger charge is -2.13. The van der Waals surface area contributed by atoms with E-state index < -0.39 is 0 Å².